The van der Waals surface area contributed by atoms with E-state index in [1.807, 2.05) is 36.4 Å². The molecule has 0 saturated carbocycles. The van der Waals surface area contributed by atoms with Gasteiger partial charge in [-0.2, -0.15) is 0 Å². The molecule has 0 spiro atoms. The number of aromatic nitrogens is 2. The van der Waals surface area contributed by atoms with Gasteiger partial charge in [0.25, 0.3) is 11.5 Å². The van der Waals surface area contributed by atoms with Crippen LogP contribution in [0.4, 0.5) is 5.69 Å². The molecule has 4 aromatic rings. The molecule has 8 heteroatoms. The molecule has 0 unspecified atom stereocenters. The van der Waals surface area contributed by atoms with Crippen molar-refractivity contribution in [3.8, 4) is 11.4 Å². The van der Waals surface area contributed by atoms with E-state index in [-0.39, 0.29) is 11.5 Å². The summed E-state index contributed by atoms with van der Waals surface area (Å²) in [6.45, 7) is 0. The number of rotatable bonds is 3. The van der Waals surface area contributed by atoms with Crippen LogP contribution in [0.25, 0.3) is 28.2 Å². The quantitative estimate of drug-likeness (QED) is 0.345. The molecule has 1 aliphatic heterocycles. The summed E-state index contributed by atoms with van der Waals surface area (Å²) in [7, 11) is 1.55. The zero-order valence-corrected chi connectivity index (χ0v) is 19.9. The SMILES string of the molecule is COc1ccccc1-n1c(/C=C2\C(=O)Nc3ccc(Br)cc32)nc2ccc(Br)cc2c1=O. The summed E-state index contributed by atoms with van der Waals surface area (Å²) in [5.74, 6) is 0.589. The van der Waals surface area contributed by atoms with E-state index in [2.05, 4.69) is 37.2 Å². The Morgan fingerprint density at radius 2 is 1.75 bits per heavy atom. The molecule has 158 valence electrons. The van der Waals surface area contributed by atoms with Crippen LogP contribution in [0.2, 0.25) is 0 Å². The first-order valence-electron chi connectivity index (χ1n) is 9.65. The lowest BCUT2D eigenvalue weighted by molar-refractivity contribution is -0.110. The van der Waals surface area contributed by atoms with Crippen LogP contribution in [0.1, 0.15) is 11.4 Å². The lowest BCUT2D eigenvalue weighted by atomic mass is 10.1. The molecule has 1 aliphatic rings. The number of benzene rings is 3. The maximum Gasteiger partial charge on any atom is 0.266 e. The summed E-state index contributed by atoms with van der Waals surface area (Å²) in [6, 6.07) is 18.1. The van der Waals surface area contributed by atoms with E-state index in [0.29, 0.717) is 39.4 Å². The lowest BCUT2D eigenvalue weighted by Crippen LogP contribution is -2.23. The van der Waals surface area contributed by atoms with Crippen molar-refractivity contribution in [3.63, 3.8) is 0 Å². The fourth-order valence-electron chi connectivity index (χ4n) is 3.75. The molecule has 2 heterocycles. The van der Waals surface area contributed by atoms with Crippen molar-refractivity contribution in [2.24, 2.45) is 0 Å². The van der Waals surface area contributed by atoms with Gasteiger partial charge in [0, 0.05) is 20.2 Å². The van der Waals surface area contributed by atoms with Crippen LogP contribution in [0.5, 0.6) is 5.75 Å². The number of anilines is 1. The van der Waals surface area contributed by atoms with Gasteiger partial charge in [0.1, 0.15) is 11.6 Å². The topological polar surface area (TPSA) is 73.2 Å². The smallest absolute Gasteiger partial charge is 0.266 e. The molecule has 6 nitrogen and oxygen atoms in total. The van der Waals surface area contributed by atoms with Gasteiger partial charge in [-0.05, 0) is 54.6 Å². The summed E-state index contributed by atoms with van der Waals surface area (Å²) < 4.78 is 8.60. The zero-order valence-electron chi connectivity index (χ0n) is 16.7. The Balaban J connectivity index is 1.85. The second kappa shape index (κ2) is 8.03. The van der Waals surface area contributed by atoms with Crippen LogP contribution in [0, 0.1) is 0 Å². The van der Waals surface area contributed by atoms with Crippen LogP contribution < -0.4 is 15.6 Å². The van der Waals surface area contributed by atoms with E-state index in [1.54, 1.807) is 37.5 Å². The van der Waals surface area contributed by atoms with Gasteiger partial charge in [-0.15, -0.1) is 0 Å². The zero-order chi connectivity index (χ0) is 22.4. The number of carbonyl (C=O) groups excluding carboxylic acids is 1. The second-order valence-electron chi connectivity index (χ2n) is 7.15. The highest BCUT2D eigenvalue weighted by molar-refractivity contribution is 9.10. The van der Waals surface area contributed by atoms with Crippen molar-refractivity contribution in [2.75, 3.05) is 12.4 Å². The van der Waals surface area contributed by atoms with Crippen LogP contribution in [0.3, 0.4) is 0 Å². The summed E-state index contributed by atoms with van der Waals surface area (Å²) in [6.07, 6.45) is 1.64. The Bertz CT molecular complexity index is 1510. The second-order valence-corrected chi connectivity index (χ2v) is 8.98. The molecular weight excluding hydrogens is 538 g/mol. The van der Waals surface area contributed by atoms with Gasteiger partial charge in [0.2, 0.25) is 0 Å². The van der Waals surface area contributed by atoms with Crippen molar-refractivity contribution >= 4 is 66.0 Å². The average Bonchev–Trinajstić information content (AvgIpc) is 3.09. The third-order valence-electron chi connectivity index (χ3n) is 5.22. The van der Waals surface area contributed by atoms with E-state index < -0.39 is 0 Å². The Labute approximate surface area is 199 Å². The molecule has 0 fully saturated rings. The van der Waals surface area contributed by atoms with E-state index in [0.717, 1.165) is 14.5 Å². The van der Waals surface area contributed by atoms with E-state index in [9.17, 15) is 9.59 Å². The number of carbonyl (C=O) groups is 1. The van der Waals surface area contributed by atoms with Crippen molar-refractivity contribution in [2.45, 2.75) is 0 Å². The summed E-state index contributed by atoms with van der Waals surface area (Å²) in [5, 5.41) is 3.31. The van der Waals surface area contributed by atoms with Crippen LogP contribution in [-0.4, -0.2) is 22.6 Å². The number of ether oxygens (including phenoxy) is 1. The number of methoxy groups -OCH3 is 1. The Kier molecular flexibility index (Phi) is 5.19. The predicted molar refractivity (Wildman–Crippen MR) is 132 cm³/mol. The van der Waals surface area contributed by atoms with E-state index >= 15 is 0 Å². The number of para-hydroxylation sites is 2. The van der Waals surface area contributed by atoms with E-state index in [1.165, 1.54) is 4.57 Å². The largest absolute Gasteiger partial charge is 0.495 e. The number of nitrogens with one attached hydrogen (secondary N) is 1. The van der Waals surface area contributed by atoms with Crippen molar-refractivity contribution < 1.29 is 9.53 Å². The molecule has 5 rings (SSSR count). The highest BCUT2D eigenvalue weighted by atomic mass is 79.9. The monoisotopic (exact) mass is 551 g/mol. The van der Waals surface area contributed by atoms with E-state index in [4.69, 9.17) is 9.72 Å². The molecule has 0 saturated heterocycles. The van der Waals surface area contributed by atoms with Gasteiger partial charge in [0.15, 0.2) is 0 Å². The first kappa shape index (κ1) is 20.7. The van der Waals surface area contributed by atoms with Gasteiger partial charge in [0.05, 0.1) is 29.3 Å². The highest BCUT2D eigenvalue weighted by Crippen LogP contribution is 2.35. The normalized spacial score (nSPS) is 14.0. The molecule has 1 N–H and O–H groups in total. The molecule has 0 aliphatic carbocycles. The van der Waals surface area contributed by atoms with Gasteiger partial charge in [-0.1, -0.05) is 44.0 Å². The maximum atomic E-state index is 13.6. The Hall–Kier alpha value is -3.23. The van der Waals surface area contributed by atoms with Gasteiger partial charge >= 0.3 is 0 Å². The Morgan fingerprint density at radius 3 is 2.56 bits per heavy atom. The minimum absolute atomic E-state index is 0.255. The van der Waals surface area contributed by atoms with Crippen molar-refractivity contribution in [3.05, 3.63) is 91.4 Å². The predicted octanol–water partition coefficient (Wildman–Crippen LogP) is 5.41. The van der Waals surface area contributed by atoms with Gasteiger partial charge in [-0.25, -0.2) is 4.98 Å². The molecule has 0 atom stereocenters. The summed E-state index contributed by atoms with van der Waals surface area (Å²) in [5.41, 5.74) is 2.67. The lowest BCUT2D eigenvalue weighted by Gasteiger charge is -2.15. The van der Waals surface area contributed by atoms with Crippen molar-refractivity contribution in [1.82, 2.24) is 9.55 Å². The number of amides is 1. The van der Waals surface area contributed by atoms with Crippen molar-refractivity contribution in [1.29, 1.82) is 0 Å². The number of hydrogen-bond donors (Lipinski definition) is 1. The standard InChI is InChI=1S/C24H15Br2N3O3/c1-32-21-5-3-2-4-20(21)29-22(27-19-9-7-14(26)11-17(19)24(29)31)12-16-15-10-13(25)6-8-18(15)28-23(16)30/h2-12H,1H3,(H,28,30)/b16-12-. The molecule has 3 aromatic carbocycles. The maximum absolute atomic E-state index is 13.6. The van der Waals surface area contributed by atoms with Crippen LogP contribution in [-0.2, 0) is 4.79 Å². The summed E-state index contributed by atoms with van der Waals surface area (Å²) in [4.78, 5) is 31.1. The molecule has 1 aromatic heterocycles. The fraction of sp³-hybridized carbons (Fsp3) is 0.0417. The van der Waals surface area contributed by atoms with Gasteiger partial charge in [-0.3, -0.25) is 14.2 Å². The molecule has 32 heavy (non-hydrogen) atoms. The highest BCUT2D eigenvalue weighted by Gasteiger charge is 2.26. The summed E-state index contributed by atoms with van der Waals surface area (Å²) >= 11 is 6.89. The fourth-order valence-corrected chi connectivity index (χ4v) is 4.47. The minimum Gasteiger partial charge on any atom is -0.495 e. The molecular formula is C24H15Br2N3O3. The minimum atomic E-state index is -0.263. The number of fused-ring (bicyclic) bond motifs is 2. The van der Waals surface area contributed by atoms with Crippen LogP contribution in [0.15, 0.2) is 74.4 Å². The van der Waals surface area contributed by atoms with Crippen LogP contribution >= 0.6 is 31.9 Å². The third-order valence-corrected chi connectivity index (χ3v) is 6.21. The molecule has 0 bridgehead atoms. The molecule has 0 radical (unpaired) electrons. The average molecular weight is 553 g/mol. The number of halogens is 2. The number of hydrogen-bond acceptors (Lipinski definition) is 4. The first-order valence-corrected chi connectivity index (χ1v) is 11.2. The molecule has 1 amide bonds. The van der Waals surface area contributed by atoms with Gasteiger partial charge < -0.3 is 10.1 Å². The Morgan fingerprint density at radius 1 is 1.00 bits per heavy atom. The number of nitrogens with zero attached hydrogens (tertiary/aromatic N) is 2. The first-order chi connectivity index (χ1) is 15.5. The third kappa shape index (κ3) is 3.45.